The van der Waals surface area contributed by atoms with Gasteiger partial charge in [-0.15, -0.1) is 0 Å². The fourth-order valence-electron chi connectivity index (χ4n) is 2.25. The topological polar surface area (TPSA) is 41.1 Å². The van der Waals surface area contributed by atoms with Gasteiger partial charge in [0.25, 0.3) is 5.91 Å². The number of amides is 1. The molecule has 4 heteroatoms. The number of rotatable bonds is 4. The van der Waals surface area contributed by atoms with Gasteiger partial charge < -0.3 is 10.6 Å². The molecule has 1 amide bonds. The van der Waals surface area contributed by atoms with Crippen LogP contribution in [0.5, 0.6) is 0 Å². The summed E-state index contributed by atoms with van der Waals surface area (Å²) in [6.07, 6.45) is 2.28. The van der Waals surface area contributed by atoms with Crippen LogP contribution in [-0.2, 0) is 0 Å². The molecule has 0 saturated carbocycles. The highest BCUT2D eigenvalue weighted by molar-refractivity contribution is 9.10. The quantitative estimate of drug-likeness (QED) is 0.897. The molecule has 1 saturated heterocycles. The van der Waals surface area contributed by atoms with Crippen LogP contribution in [0.2, 0.25) is 0 Å². The highest BCUT2D eigenvalue weighted by atomic mass is 79.9. The molecule has 1 unspecified atom stereocenters. The minimum Gasteiger partial charge on any atom is -0.352 e. The van der Waals surface area contributed by atoms with Gasteiger partial charge >= 0.3 is 0 Å². The van der Waals surface area contributed by atoms with E-state index >= 15 is 0 Å². The molecule has 1 aromatic carbocycles. The van der Waals surface area contributed by atoms with E-state index in [1.807, 2.05) is 25.1 Å². The Bertz CT molecular complexity index is 428. The molecular formula is C14H19BrN2O. The Labute approximate surface area is 116 Å². The second kappa shape index (κ2) is 6.34. The van der Waals surface area contributed by atoms with E-state index in [1.54, 1.807) is 0 Å². The van der Waals surface area contributed by atoms with Gasteiger partial charge in [0.15, 0.2) is 0 Å². The Balaban J connectivity index is 1.83. The molecule has 98 valence electrons. The Hall–Kier alpha value is -0.870. The fraction of sp³-hybridized carbons (Fsp3) is 0.500. The molecule has 1 fully saturated rings. The molecule has 1 atom stereocenters. The summed E-state index contributed by atoms with van der Waals surface area (Å²) in [7, 11) is 0. The van der Waals surface area contributed by atoms with Crippen molar-refractivity contribution in [1.29, 1.82) is 0 Å². The van der Waals surface area contributed by atoms with Crippen molar-refractivity contribution in [3.63, 3.8) is 0 Å². The van der Waals surface area contributed by atoms with Gasteiger partial charge in [0.05, 0.1) is 5.56 Å². The van der Waals surface area contributed by atoms with Crippen molar-refractivity contribution in [2.24, 2.45) is 5.92 Å². The Morgan fingerprint density at radius 1 is 1.56 bits per heavy atom. The number of halogens is 1. The van der Waals surface area contributed by atoms with E-state index < -0.39 is 0 Å². The molecule has 18 heavy (non-hydrogen) atoms. The summed E-state index contributed by atoms with van der Waals surface area (Å²) in [6, 6.07) is 5.79. The molecule has 1 aliphatic heterocycles. The molecule has 2 rings (SSSR count). The Kier molecular flexibility index (Phi) is 4.78. The lowest BCUT2D eigenvalue weighted by molar-refractivity contribution is 0.0951. The zero-order chi connectivity index (χ0) is 13.0. The lowest BCUT2D eigenvalue weighted by Crippen LogP contribution is -2.26. The van der Waals surface area contributed by atoms with Crippen LogP contribution in [0.3, 0.4) is 0 Å². The van der Waals surface area contributed by atoms with Crippen LogP contribution in [-0.4, -0.2) is 25.5 Å². The lowest BCUT2D eigenvalue weighted by Gasteiger charge is -2.10. The number of hydrogen-bond acceptors (Lipinski definition) is 2. The third kappa shape index (κ3) is 3.56. The van der Waals surface area contributed by atoms with E-state index in [0.717, 1.165) is 36.1 Å². The summed E-state index contributed by atoms with van der Waals surface area (Å²) in [4.78, 5) is 12.0. The summed E-state index contributed by atoms with van der Waals surface area (Å²) >= 11 is 3.44. The zero-order valence-corrected chi connectivity index (χ0v) is 12.2. The molecule has 1 aliphatic rings. The first kappa shape index (κ1) is 13.6. The molecule has 3 nitrogen and oxygen atoms in total. The maximum absolute atomic E-state index is 12.0. The average molecular weight is 311 g/mol. The van der Waals surface area contributed by atoms with Crippen LogP contribution < -0.4 is 10.6 Å². The summed E-state index contributed by atoms with van der Waals surface area (Å²) in [5, 5.41) is 6.33. The molecule has 0 spiro atoms. The normalized spacial score (nSPS) is 18.9. The van der Waals surface area contributed by atoms with Gasteiger partial charge in [-0.3, -0.25) is 4.79 Å². The van der Waals surface area contributed by atoms with E-state index in [-0.39, 0.29) is 5.91 Å². The molecule has 2 N–H and O–H groups in total. The maximum Gasteiger partial charge on any atom is 0.252 e. The Morgan fingerprint density at radius 2 is 2.39 bits per heavy atom. The highest BCUT2D eigenvalue weighted by Gasteiger charge is 2.15. The van der Waals surface area contributed by atoms with Gasteiger partial charge in [-0.05, 0) is 72.4 Å². The first-order valence-corrected chi connectivity index (χ1v) is 7.21. The summed E-state index contributed by atoms with van der Waals surface area (Å²) < 4.78 is 0.863. The molecule has 0 aliphatic carbocycles. The smallest absolute Gasteiger partial charge is 0.252 e. The van der Waals surface area contributed by atoms with Crippen LogP contribution >= 0.6 is 15.9 Å². The van der Waals surface area contributed by atoms with Gasteiger partial charge in [-0.2, -0.15) is 0 Å². The number of hydrogen-bond donors (Lipinski definition) is 2. The van der Waals surface area contributed by atoms with Crippen molar-refractivity contribution < 1.29 is 4.79 Å². The second-order valence-corrected chi connectivity index (χ2v) is 5.74. The van der Waals surface area contributed by atoms with Crippen LogP contribution in [0.25, 0.3) is 0 Å². The summed E-state index contributed by atoms with van der Waals surface area (Å²) in [5.41, 5.74) is 1.86. The SMILES string of the molecule is Cc1ccc(C(=O)NCCC2CCNC2)c(Br)c1. The molecular weight excluding hydrogens is 292 g/mol. The van der Waals surface area contributed by atoms with Crippen LogP contribution in [0.1, 0.15) is 28.8 Å². The Morgan fingerprint density at radius 3 is 3.06 bits per heavy atom. The standard InChI is InChI=1S/C14H19BrN2O/c1-10-2-3-12(13(15)8-10)14(18)17-7-5-11-4-6-16-9-11/h2-3,8,11,16H,4-7,9H2,1H3,(H,17,18). The van der Waals surface area contributed by atoms with Crippen molar-refractivity contribution in [3.8, 4) is 0 Å². The zero-order valence-electron chi connectivity index (χ0n) is 10.6. The molecule has 1 aromatic rings. The number of benzene rings is 1. The number of aryl methyl sites for hydroxylation is 1. The molecule has 0 radical (unpaired) electrons. The van der Waals surface area contributed by atoms with E-state index in [9.17, 15) is 4.79 Å². The lowest BCUT2D eigenvalue weighted by atomic mass is 10.1. The predicted octanol–water partition coefficient (Wildman–Crippen LogP) is 2.49. The van der Waals surface area contributed by atoms with Crippen LogP contribution in [0, 0.1) is 12.8 Å². The van der Waals surface area contributed by atoms with Crippen molar-refractivity contribution >= 4 is 21.8 Å². The first-order chi connectivity index (χ1) is 8.66. The van der Waals surface area contributed by atoms with E-state index in [0.29, 0.717) is 11.5 Å². The highest BCUT2D eigenvalue weighted by Crippen LogP contribution is 2.18. The minimum atomic E-state index is 0.00725. The van der Waals surface area contributed by atoms with E-state index in [4.69, 9.17) is 0 Å². The molecule has 0 aromatic heterocycles. The third-order valence-corrected chi connectivity index (χ3v) is 4.03. The number of nitrogens with one attached hydrogen (secondary N) is 2. The molecule has 1 heterocycles. The first-order valence-electron chi connectivity index (χ1n) is 6.42. The van der Waals surface area contributed by atoms with Gasteiger partial charge in [0.2, 0.25) is 0 Å². The average Bonchev–Trinajstić information content (AvgIpc) is 2.81. The van der Waals surface area contributed by atoms with Crippen LogP contribution in [0.15, 0.2) is 22.7 Å². The van der Waals surface area contributed by atoms with Crippen molar-refractivity contribution in [2.45, 2.75) is 19.8 Å². The van der Waals surface area contributed by atoms with Gasteiger partial charge in [0.1, 0.15) is 0 Å². The number of carbonyl (C=O) groups excluding carboxylic acids is 1. The molecule has 0 bridgehead atoms. The van der Waals surface area contributed by atoms with E-state index in [2.05, 4.69) is 26.6 Å². The van der Waals surface area contributed by atoms with Gasteiger partial charge in [-0.1, -0.05) is 6.07 Å². The monoisotopic (exact) mass is 310 g/mol. The third-order valence-electron chi connectivity index (χ3n) is 3.37. The van der Waals surface area contributed by atoms with Gasteiger partial charge in [0, 0.05) is 11.0 Å². The van der Waals surface area contributed by atoms with Crippen molar-refractivity contribution in [3.05, 3.63) is 33.8 Å². The van der Waals surface area contributed by atoms with Crippen molar-refractivity contribution in [2.75, 3.05) is 19.6 Å². The van der Waals surface area contributed by atoms with Crippen molar-refractivity contribution in [1.82, 2.24) is 10.6 Å². The van der Waals surface area contributed by atoms with E-state index in [1.165, 1.54) is 6.42 Å². The fourth-order valence-corrected chi connectivity index (χ4v) is 2.92. The minimum absolute atomic E-state index is 0.00725. The number of carbonyl (C=O) groups is 1. The largest absolute Gasteiger partial charge is 0.352 e. The predicted molar refractivity (Wildman–Crippen MR) is 76.8 cm³/mol. The maximum atomic E-state index is 12.0. The second-order valence-electron chi connectivity index (χ2n) is 4.89. The van der Waals surface area contributed by atoms with Crippen LogP contribution in [0.4, 0.5) is 0 Å². The summed E-state index contributed by atoms with van der Waals surface area (Å²) in [6.45, 7) is 4.97. The summed E-state index contributed by atoms with van der Waals surface area (Å²) in [5.74, 6) is 0.722. The van der Waals surface area contributed by atoms with Gasteiger partial charge in [-0.25, -0.2) is 0 Å².